The molecular weight excluding hydrogens is 290 g/mol. The van der Waals surface area contributed by atoms with Crippen LogP contribution in [0.3, 0.4) is 0 Å². The number of morpholine rings is 1. The van der Waals surface area contributed by atoms with Gasteiger partial charge in [0.15, 0.2) is 0 Å². The van der Waals surface area contributed by atoms with E-state index < -0.39 is 0 Å². The highest BCUT2D eigenvalue weighted by Gasteiger charge is 2.21. The summed E-state index contributed by atoms with van der Waals surface area (Å²) in [6.07, 6.45) is 2.42. The Balaban J connectivity index is 1.83. The SMILES string of the molecule is CC1CN(Cc2ccc(C(=O)NCCCCN)cc2)CC(C)O1. The van der Waals surface area contributed by atoms with Gasteiger partial charge in [-0.25, -0.2) is 0 Å². The molecule has 0 aromatic heterocycles. The van der Waals surface area contributed by atoms with Crippen LogP contribution in [-0.2, 0) is 11.3 Å². The Hall–Kier alpha value is -1.43. The van der Waals surface area contributed by atoms with E-state index in [-0.39, 0.29) is 18.1 Å². The van der Waals surface area contributed by atoms with Crippen molar-refractivity contribution in [3.8, 4) is 0 Å². The maximum absolute atomic E-state index is 12.0. The first-order valence-electron chi connectivity index (χ1n) is 8.53. The van der Waals surface area contributed by atoms with Crippen molar-refractivity contribution >= 4 is 5.91 Å². The van der Waals surface area contributed by atoms with E-state index in [0.29, 0.717) is 18.7 Å². The van der Waals surface area contributed by atoms with Crippen LogP contribution in [0.4, 0.5) is 0 Å². The maximum Gasteiger partial charge on any atom is 0.251 e. The molecule has 1 aromatic carbocycles. The quantitative estimate of drug-likeness (QED) is 0.752. The second-order valence-electron chi connectivity index (χ2n) is 6.40. The number of nitrogens with two attached hydrogens (primary N) is 1. The number of hydrogen-bond donors (Lipinski definition) is 2. The number of benzene rings is 1. The highest BCUT2D eigenvalue weighted by atomic mass is 16.5. The standard InChI is InChI=1S/C18H29N3O2/c1-14-11-21(12-15(2)23-14)13-16-5-7-17(8-6-16)18(22)20-10-4-3-9-19/h5-8,14-15H,3-4,9-13,19H2,1-2H3,(H,20,22). The van der Waals surface area contributed by atoms with Crippen LogP contribution >= 0.6 is 0 Å². The molecule has 128 valence electrons. The summed E-state index contributed by atoms with van der Waals surface area (Å²) in [7, 11) is 0. The average molecular weight is 319 g/mol. The lowest BCUT2D eigenvalue weighted by Gasteiger charge is -2.35. The van der Waals surface area contributed by atoms with Crippen molar-refractivity contribution in [1.29, 1.82) is 0 Å². The van der Waals surface area contributed by atoms with Crippen LogP contribution in [0.25, 0.3) is 0 Å². The molecule has 1 aliphatic rings. The van der Waals surface area contributed by atoms with Gasteiger partial charge in [-0.2, -0.15) is 0 Å². The summed E-state index contributed by atoms with van der Waals surface area (Å²) in [5.41, 5.74) is 7.38. The fourth-order valence-electron chi connectivity index (χ4n) is 3.01. The minimum Gasteiger partial charge on any atom is -0.373 e. The van der Waals surface area contributed by atoms with E-state index in [2.05, 4.69) is 24.1 Å². The van der Waals surface area contributed by atoms with Gasteiger partial charge in [0, 0.05) is 31.7 Å². The first kappa shape index (κ1) is 17.9. The van der Waals surface area contributed by atoms with E-state index >= 15 is 0 Å². The Morgan fingerprint density at radius 3 is 2.48 bits per heavy atom. The van der Waals surface area contributed by atoms with E-state index in [4.69, 9.17) is 10.5 Å². The number of unbranched alkanes of at least 4 members (excludes halogenated alkanes) is 1. The van der Waals surface area contributed by atoms with Gasteiger partial charge >= 0.3 is 0 Å². The van der Waals surface area contributed by atoms with Gasteiger partial charge in [-0.15, -0.1) is 0 Å². The van der Waals surface area contributed by atoms with E-state index in [1.165, 1.54) is 5.56 Å². The number of hydrogen-bond acceptors (Lipinski definition) is 4. The third-order valence-corrected chi connectivity index (χ3v) is 4.03. The molecule has 2 atom stereocenters. The minimum absolute atomic E-state index is 0.0119. The zero-order valence-corrected chi connectivity index (χ0v) is 14.3. The van der Waals surface area contributed by atoms with Crippen molar-refractivity contribution in [3.63, 3.8) is 0 Å². The molecule has 1 fully saturated rings. The third kappa shape index (κ3) is 5.94. The van der Waals surface area contributed by atoms with E-state index in [0.717, 1.165) is 32.5 Å². The Kier molecular flexibility index (Phi) is 7.02. The topological polar surface area (TPSA) is 67.6 Å². The van der Waals surface area contributed by atoms with E-state index in [9.17, 15) is 4.79 Å². The van der Waals surface area contributed by atoms with Crippen molar-refractivity contribution < 1.29 is 9.53 Å². The molecule has 0 radical (unpaired) electrons. The largest absolute Gasteiger partial charge is 0.373 e. The summed E-state index contributed by atoms with van der Waals surface area (Å²) in [5.74, 6) is -0.0119. The zero-order valence-electron chi connectivity index (χ0n) is 14.3. The van der Waals surface area contributed by atoms with Gasteiger partial charge in [0.1, 0.15) is 0 Å². The molecule has 1 aliphatic heterocycles. The van der Waals surface area contributed by atoms with Crippen LogP contribution in [0.2, 0.25) is 0 Å². The van der Waals surface area contributed by atoms with E-state index in [1.54, 1.807) is 0 Å². The van der Waals surface area contributed by atoms with Gasteiger partial charge in [-0.1, -0.05) is 12.1 Å². The molecular formula is C18H29N3O2. The fourth-order valence-corrected chi connectivity index (χ4v) is 3.01. The smallest absolute Gasteiger partial charge is 0.251 e. The summed E-state index contributed by atoms with van der Waals surface area (Å²) in [6, 6.07) is 7.89. The summed E-state index contributed by atoms with van der Waals surface area (Å²) in [6.45, 7) is 8.38. The minimum atomic E-state index is -0.0119. The van der Waals surface area contributed by atoms with Crippen LogP contribution in [0.5, 0.6) is 0 Å². The highest BCUT2D eigenvalue weighted by molar-refractivity contribution is 5.94. The first-order chi connectivity index (χ1) is 11.1. The lowest BCUT2D eigenvalue weighted by Crippen LogP contribution is -2.44. The Labute approximate surface area is 139 Å². The number of nitrogens with zero attached hydrogens (tertiary/aromatic N) is 1. The molecule has 0 saturated carbocycles. The average Bonchev–Trinajstić information content (AvgIpc) is 2.51. The van der Waals surface area contributed by atoms with E-state index in [1.807, 2.05) is 24.3 Å². The Morgan fingerprint density at radius 1 is 1.22 bits per heavy atom. The molecule has 1 amide bonds. The van der Waals surface area contributed by atoms with Crippen LogP contribution < -0.4 is 11.1 Å². The summed E-state index contributed by atoms with van der Waals surface area (Å²) < 4.78 is 5.76. The number of nitrogens with one attached hydrogen (secondary N) is 1. The summed E-state index contributed by atoms with van der Waals surface area (Å²) in [4.78, 5) is 14.4. The number of amides is 1. The number of ether oxygens (including phenoxy) is 1. The molecule has 5 heteroatoms. The molecule has 0 bridgehead atoms. The van der Waals surface area contributed by atoms with Gasteiger partial charge in [-0.3, -0.25) is 9.69 Å². The van der Waals surface area contributed by atoms with Crippen LogP contribution in [0, 0.1) is 0 Å². The Morgan fingerprint density at radius 2 is 1.87 bits per heavy atom. The van der Waals surface area contributed by atoms with Gasteiger partial charge in [0.2, 0.25) is 0 Å². The lowest BCUT2D eigenvalue weighted by molar-refractivity contribution is -0.0704. The van der Waals surface area contributed by atoms with Gasteiger partial charge in [0.25, 0.3) is 5.91 Å². The molecule has 2 rings (SSSR count). The predicted molar refractivity (Wildman–Crippen MR) is 92.3 cm³/mol. The lowest BCUT2D eigenvalue weighted by atomic mass is 10.1. The maximum atomic E-state index is 12.0. The normalized spacial score (nSPS) is 22.0. The highest BCUT2D eigenvalue weighted by Crippen LogP contribution is 2.14. The molecule has 1 saturated heterocycles. The predicted octanol–water partition coefficient (Wildman–Crippen LogP) is 1.76. The number of carbonyl (C=O) groups excluding carboxylic acids is 1. The first-order valence-corrected chi connectivity index (χ1v) is 8.53. The van der Waals surface area contributed by atoms with Crippen LogP contribution in [0.15, 0.2) is 24.3 Å². The molecule has 23 heavy (non-hydrogen) atoms. The van der Waals surface area contributed by atoms with Crippen LogP contribution in [0.1, 0.15) is 42.6 Å². The van der Waals surface area contributed by atoms with Crippen molar-refractivity contribution in [2.45, 2.75) is 45.4 Å². The number of rotatable bonds is 7. The van der Waals surface area contributed by atoms with Crippen molar-refractivity contribution in [3.05, 3.63) is 35.4 Å². The molecule has 0 spiro atoms. The summed E-state index contributed by atoms with van der Waals surface area (Å²) >= 11 is 0. The second kappa shape index (κ2) is 9.01. The molecule has 3 N–H and O–H groups in total. The van der Waals surface area contributed by atoms with Crippen molar-refractivity contribution in [2.24, 2.45) is 5.73 Å². The van der Waals surface area contributed by atoms with Gasteiger partial charge < -0.3 is 15.8 Å². The number of carbonyl (C=O) groups is 1. The monoisotopic (exact) mass is 319 g/mol. The second-order valence-corrected chi connectivity index (χ2v) is 6.40. The zero-order chi connectivity index (χ0) is 16.7. The van der Waals surface area contributed by atoms with Gasteiger partial charge in [-0.05, 0) is 50.9 Å². The molecule has 1 heterocycles. The molecule has 0 aliphatic carbocycles. The van der Waals surface area contributed by atoms with Crippen molar-refractivity contribution in [2.75, 3.05) is 26.2 Å². The third-order valence-electron chi connectivity index (χ3n) is 4.03. The fraction of sp³-hybridized carbons (Fsp3) is 0.611. The molecule has 2 unspecified atom stereocenters. The van der Waals surface area contributed by atoms with Gasteiger partial charge in [0.05, 0.1) is 12.2 Å². The molecule has 1 aromatic rings. The van der Waals surface area contributed by atoms with Crippen molar-refractivity contribution in [1.82, 2.24) is 10.2 Å². The summed E-state index contributed by atoms with van der Waals surface area (Å²) in [5, 5.41) is 2.92. The molecule has 5 nitrogen and oxygen atoms in total. The Bertz CT molecular complexity index is 480. The van der Waals surface area contributed by atoms with Crippen LogP contribution in [-0.4, -0.2) is 49.2 Å².